The predicted molar refractivity (Wildman–Crippen MR) is 66.6 cm³/mol. The Kier molecular flexibility index (Phi) is 3.95. The Morgan fingerprint density at radius 2 is 2.06 bits per heavy atom. The van der Waals surface area contributed by atoms with Gasteiger partial charge in [-0.15, -0.1) is 0 Å². The number of hydrogen-bond acceptors (Lipinski definition) is 2. The Morgan fingerprint density at radius 1 is 1.38 bits per heavy atom. The Morgan fingerprint density at radius 3 is 2.69 bits per heavy atom. The molecular formula is C12H16BrFN2. The number of hydrogen-bond donors (Lipinski definition) is 2. The van der Waals surface area contributed by atoms with E-state index in [0.29, 0.717) is 5.92 Å². The van der Waals surface area contributed by atoms with Crippen LogP contribution < -0.4 is 11.1 Å². The lowest BCUT2D eigenvalue weighted by molar-refractivity contribution is 0.321. The second kappa shape index (κ2) is 5.25. The number of benzene rings is 1. The molecule has 88 valence electrons. The lowest BCUT2D eigenvalue weighted by atomic mass is 9.86. The van der Waals surface area contributed by atoms with Gasteiger partial charge in [-0.1, -0.05) is 22.0 Å². The van der Waals surface area contributed by atoms with Crippen molar-refractivity contribution in [1.82, 2.24) is 5.32 Å². The second-order valence-corrected chi connectivity index (χ2v) is 5.13. The SMILES string of the molecule is N[C@@H](c1ccc(F)cc1Br)C1CCNCC1. The van der Waals surface area contributed by atoms with Crippen molar-refractivity contribution < 1.29 is 4.39 Å². The first kappa shape index (κ1) is 12.0. The van der Waals surface area contributed by atoms with Crippen molar-refractivity contribution in [2.24, 2.45) is 11.7 Å². The average Bonchev–Trinajstić information content (AvgIpc) is 2.29. The van der Waals surface area contributed by atoms with Crippen molar-refractivity contribution in [3.05, 3.63) is 34.1 Å². The van der Waals surface area contributed by atoms with Gasteiger partial charge in [-0.25, -0.2) is 4.39 Å². The fourth-order valence-corrected chi connectivity index (χ4v) is 2.84. The van der Waals surface area contributed by atoms with Crippen LogP contribution in [0.25, 0.3) is 0 Å². The normalized spacial score (nSPS) is 19.7. The Labute approximate surface area is 104 Å². The van der Waals surface area contributed by atoms with Crippen molar-refractivity contribution in [2.75, 3.05) is 13.1 Å². The van der Waals surface area contributed by atoms with Crippen LogP contribution in [0, 0.1) is 11.7 Å². The maximum absolute atomic E-state index is 13.0. The van der Waals surface area contributed by atoms with Gasteiger partial charge < -0.3 is 11.1 Å². The van der Waals surface area contributed by atoms with E-state index in [1.165, 1.54) is 12.1 Å². The number of rotatable bonds is 2. The van der Waals surface area contributed by atoms with Crippen molar-refractivity contribution in [3.63, 3.8) is 0 Å². The highest BCUT2D eigenvalue weighted by molar-refractivity contribution is 9.10. The van der Waals surface area contributed by atoms with Crippen molar-refractivity contribution in [1.29, 1.82) is 0 Å². The summed E-state index contributed by atoms with van der Waals surface area (Å²) in [6.45, 7) is 2.05. The fraction of sp³-hybridized carbons (Fsp3) is 0.500. The molecule has 1 saturated heterocycles. The molecule has 1 aromatic carbocycles. The topological polar surface area (TPSA) is 38.0 Å². The van der Waals surface area contributed by atoms with Crippen LogP contribution in [-0.4, -0.2) is 13.1 Å². The maximum atomic E-state index is 13.0. The van der Waals surface area contributed by atoms with Gasteiger partial charge in [0.2, 0.25) is 0 Å². The highest BCUT2D eigenvalue weighted by atomic mass is 79.9. The molecule has 1 heterocycles. The van der Waals surface area contributed by atoms with Crippen LogP contribution >= 0.6 is 15.9 Å². The molecular weight excluding hydrogens is 271 g/mol. The van der Waals surface area contributed by atoms with E-state index in [4.69, 9.17) is 5.73 Å². The van der Waals surface area contributed by atoms with Gasteiger partial charge >= 0.3 is 0 Å². The van der Waals surface area contributed by atoms with Gasteiger partial charge in [0.1, 0.15) is 5.82 Å². The molecule has 3 N–H and O–H groups in total. The summed E-state index contributed by atoms with van der Waals surface area (Å²) < 4.78 is 13.7. The minimum atomic E-state index is -0.229. The first-order valence-electron chi connectivity index (χ1n) is 5.59. The zero-order chi connectivity index (χ0) is 11.5. The molecule has 0 saturated carbocycles. The van der Waals surface area contributed by atoms with Crippen LogP contribution in [0.5, 0.6) is 0 Å². The summed E-state index contributed by atoms with van der Waals surface area (Å²) in [5, 5.41) is 3.32. The van der Waals surface area contributed by atoms with Gasteiger partial charge in [0.25, 0.3) is 0 Å². The minimum absolute atomic E-state index is 0.00271. The summed E-state index contributed by atoms with van der Waals surface area (Å²) in [4.78, 5) is 0. The zero-order valence-corrected chi connectivity index (χ0v) is 10.6. The molecule has 16 heavy (non-hydrogen) atoms. The molecule has 1 aliphatic heterocycles. The van der Waals surface area contributed by atoms with Crippen LogP contribution in [0.2, 0.25) is 0 Å². The Balaban J connectivity index is 2.15. The van der Waals surface area contributed by atoms with Crippen molar-refractivity contribution in [2.45, 2.75) is 18.9 Å². The first-order valence-corrected chi connectivity index (χ1v) is 6.39. The summed E-state index contributed by atoms with van der Waals surface area (Å²) >= 11 is 3.38. The van der Waals surface area contributed by atoms with Gasteiger partial charge in [-0.05, 0) is 49.5 Å². The van der Waals surface area contributed by atoms with Crippen molar-refractivity contribution in [3.8, 4) is 0 Å². The summed E-state index contributed by atoms with van der Waals surface area (Å²) in [6, 6.07) is 4.74. The minimum Gasteiger partial charge on any atom is -0.324 e. The molecule has 2 rings (SSSR count). The highest BCUT2D eigenvalue weighted by Crippen LogP contribution is 2.31. The van der Waals surface area contributed by atoms with Gasteiger partial charge in [0.15, 0.2) is 0 Å². The molecule has 0 unspecified atom stereocenters. The van der Waals surface area contributed by atoms with Crippen LogP contribution in [0.3, 0.4) is 0 Å². The molecule has 0 amide bonds. The summed E-state index contributed by atoms with van der Waals surface area (Å²) in [6.07, 6.45) is 2.18. The second-order valence-electron chi connectivity index (χ2n) is 4.28. The average molecular weight is 287 g/mol. The number of piperidine rings is 1. The number of nitrogens with one attached hydrogen (secondary N) is 1. The third-order valence-electron chi connectivity index (χ3n) is 3.21. The quantitative estimate of drug-likeness (QED) is 0.877. The Bertz CT molecular complexity index is 364. The van der Waals surface area contributed by atoms with Gasteiger partial charge in [-0.2, -0.15) is 0 Å². The molecule has 1 atom stereocenters. The molecule has 1 aliphatic rings. The van der Waals surface area contributed by atoms with Crippen molar-refractivity contribution >= 4 is 15.9 Å². The Hall–Kier alpha value is -0.450. The van der Waals surface area contributed by atoms with Crippen LogP contribution in [0.1, 0.15) is 24.4 Å². The third kappa shape index (κ3) is 2.62. The molecule has 0 radical (unpaired) electrons. The van der Waals surface area contributed by atoms with Crippen LogP contribution in [0.4, 0.5) is 4.39 Å². The monoisotopic (exact) mass is 286 g/mol. The van der Waals surface area contributed by atoms with Gasteiger partial charge in [0.05, 0.1) is 0 Å². The van der Waals surface area contributed by atoms with E-state index in [0.717, 1.165) is 36.0 Å². The highest BCUT2D eigenvalue weighted by Gasteiger charge is 2.23. The lowest BCUT2D eigenvalue weighted by Crippen LogP contribution is -2.33. The van der Waals surface area contributed by atoms with E-state index in [-0.39, 0.29) is 11.9 Å². The molecule has 0 bridgehead atoms. The number of halogens is 2. The first-order chi connectivity index (χ1) is 7.68. The summed E-state index contributed by atoms with van der Waals surface area (Å²) in [5.41, 5.74) is 7.25. The largest absolute Gasteiger partial charge is 0.324 e. The maximum Gasteiger partial charge on any atom is 0.124 e. The molecule has 1 aromatic rings. The van der Waals surface area contributed by atoms with E-state index in [2.05, 4.69) is 21.2 Å². The van der Waals surface area contributed by atoms with Crippen LogP contribution in [0.15, 0.2) is 22.7 Å². The molecule has 0 aromatic heterocycles. The molecule has 1 fully saturated rings. The van der Waals surface area contributed by atoms with Gasteiger partial charge in [-0.3, -0.25) is 0 Å². The molecule has 4 heteroatoms. The summed E-state index contributed by atoms with van der Waals surface area (Å²) in [5.74, 6) is 0.260. The smallest absolute Gasteiger partial charge is 0.124 e. The lowest BCUT2D eigenvalue weighted by Gasteiger charge is -2.28. The van der Waals surface area contributed by atoms with Crippen LogP contribution in [-0.2, 0) is 0 Å². The van der Waals surface area contributed by atoms with E-state index in [9.17, 15) is 4.39 Å². The third-order valence-corrected chi connectivity index (χ3v) is 3.90. The predicted octanol–water partition coefficient (Wildman–Crippen LogP) is 2.59. The summed E-state index contributed by atoms with van der Waals surface area (Å²) in [7, 11) is 0. The standard InChI is InChI=1S/C12H16BrFN2/c13-11-7-9(14)1-2-10(11)12(15)8-3-5-16-6-4-8/h1-2,7-8,12,16H,3-6,15H2/t12-/m1/s1. The molecule has 0 spiro atoms. The molecule has 2 nitrogen and oxygen atoms in total. The zero-order valence-electron chi connectivity index (χ0n) is 9.05. The number of nitrogens with two attached hydrogens (primary N) is 1. The van der Waals surface area contributed by atoms with E-state index in [1.807, 2.05) is 0 Å². The molecule has 0 aliphatic carbocycles. The van der Waals surface area contributed by atoms with Gasteiger partial charge in [0, 0.05) is 10.5 Å². The van der Waals surface area contributed by atoms with E-state index >= 15 is 0 Å². The van der Waals surface area contributed by atoms with E-state index in [1.54, 1.807) is 6.07 Å². The van der Waals surface area contributed by atoms with E-state index < -0.39 is 0 Å². The fourth-order valence-electron chi connectivity index (χ4n) is 2.23.